The average Bonchev–Trinajstić information content (AvgIpc) is 3.42. The largest absolute Gasteiger partial charge is 0.507 e. The Balaban J connectivity index is 1.74. The number of hydrogen-bond acceptors (Lipinski definition) is 5. The molecule has 5 rings (SSSR count). The molecule has 0 spiro atoms. The molecule has 0 bridgehead atoms. The summed E-state index contributed by atoms with van der Waals surface area (Å²) in [6, 6.07) is 17.3. The van der Waals surface area contributed by atoms with E-state index in [9.17, 15) is 14.7 Å². The van der Waals surface area contributed by atoms with Crippen LogP contribution < -0.4 is 14.4 Å². The van der Waals surface area contributed by atoms with Crippen molar-refractivity contribution in [3.05, 3.63) is 94.1 Å². The fraction of sp³-hybridized carbons (Fsp3) is 0.214. The highest BCUT2D eigenvalue weighted by atomic mass is 16.5. The van der Waals surface area contributed by atoms with Gasteiger partial charge in [-0.25, -0.2) is 0 Å². The zero-order valence-corrected chi connectivity index (χ0v) is 19.3. The summed E-state index contributed by atoms with van der Waals surface area (Å²) in [5.41, 5.74) is 4.75. The number of Topliss-reactive ketones (excluding diaryl/α,β-unsaturated/α-hetero) is 1. The number of hydrogen-bond donors (Lipinski definition) is 1. The minimum absolute atomic E-state index is 0.0339. The van der Waals surface area contributed by atoms with Crippen LogP contribution in [0.3, 0.4) is 0 Å². The van der Waals surface area contributed by atoms with Gasteiger partial charge in [0.1, 0.15) is 17.3 Å². The zero-order chi connectivity index (χ0) is 24.0. The number of amides is 1. The van der Waals surface area contributed by atoms with Gasteiger partial charge in [0.25, 0.3) is 11.7 Å². The van der Waals surface area contributed by atoms with Gasteiger partial charge in [-0.3, -0.25) is 14.5 Å². The van der Waals surface area contributed by atoms with Gasteiger partial charge in [-0.15, -0.1) is 0 Å². The number of anilines is 1. The van der Waals surface area contributed by atoms with E-state index in [0.717, 1.165) is 28.9 Å². The van der Waals surface area contributed by atoms with Crippen LogP contribution in [-0.4, -0.2) is 30.5 Å². The van der Waals surface area contributed by atoms with E-state index in [2.05, 4.69) is 0 Å². The van der Waals surface area contributed by atoms with Gasteiger partial charge in [-0.05, 0) is 66.9 Å². The molecule has 6 nitrogen and oxygen atoms in total. The Labute approximate surface area is 198 Å². The molecule has 2 heterocycles. The quantitative estimate of drug-likeness (QED) is 0.345. The Bertz CT molecular complexity index is 1360. The first-order chi connectivity index (χ1) is 16.4. The summed E-state index contributed by atoms with van der Waals surface area (Å²) in [5.74, 6) is -0.339. The van der Waals surface area contributed by atoms with Gasteiger partial charge in [0, 0.05) is 23.2 Å². The second-order valence-electron chi connectivity index (χ2n) is 8.60. The van der Waals surface area contributed by atoms with Crippen LogP contribution in [0.2, 0.25) is 0 Å². The number of para-hydroxylation sites is 1. The van der Waals surface area contributed by atoms with Gasteiger partial charge in [-0.1, -0.05) is 24.3 Å². The van der Waals surface area contributed by atoms with E-state index in [4.69, 9.17) is 9.47 Å². The number of rotatable bonds is 4. The molecule has 2 aliphatic heterocycles. The summed E-state index contributed by atoms with van der Waals surface area (Å²) in [7, 11) is 1.54. The topological polar surface area (TPSA) is 76.1 Å². The van der Waals surface area contributed by atoms with Crippen molar-refractivity contribution in [1.29, 1.82) is 0 Å². The molecule has 0 aliphatic carbocycles. The molecule has 3 aromatic rings. The number of ether oxygens (including phenoxy) is 2. The molecule has 1 fully saturated rings. The van der Waals surface area contributed by atoms with Crippen molar-refractivity contribution in [3.8, 4) is 11.5 Å². The zero-order valence-electron chi connectivity index (χ0n) is 19.3. The highest BCUT2D eigenvalue weighted by Crippen LogP contribution is 2.45. The lowest BCUT2D eigenvalue weighted by atomic mass is 9.93. The Kier molecular flexibility index (Phi) is 5.36. The molecule has 1 unspecified atom stereocenters. The van der Waals surface area contributed by atoms with Crippen molar-refractivity contribution in [3.63, 3.8) is 0 Å². The average molecular weight is 456 g/mol. The molecule has 1 saturated heterocycles. The maximum absolute atomic E-state index is 13.4. The molecule has 6 heteroatoms. The summed E-state index contributed by atoms with van der Waals surface area (Å²) in [5, 5.41) is 11.4. The predicted molar refractivity (Wildman–Crippen MR) is 129 cm³/mol. The third-order valence-corrected chi connectivity index (χ3v) is 6.61. The number of aliphatic hydroxyl groups is 1. The van der Waals surface area contributed by atoms with E-state index in [1.807, 2.05) is 56.3 Å². The van der Waals surface area contributed by atoms with Crippen molar-refractivity contribution >= 4 is 23.1 Å². The van der Waals surface area contributed by atoms with Crippen LogP contribution in [0.4, 0.5) is 5.69 Å². The summed E-state index contributed by atoms with van der Waals surface area (Å²) < 4.78 is 11.1. The lowest BCUT2D eigenvalue weighted by molar-refractivity contribution is -0.132. The molecule has 0 aromatic heterocycles. The fourth-order valence-electron chi connectivity index (χ4n) is 4.65. The Morgan fingerprint density at radius 3 is 2.59 bits per heavy atom. The molecule has 0 saturated carbocycles. The summed E-state index contributed by atoms with van der Waals surface area (Å²) in [6.07, 6.45) is 0.726. The number of methoxy groups -OCH3 is 1. The van der Waals surface area contributed by atoms with E-state index in [-0.39, 0.29) is 11.3 Å². The lowest BCUT2D eigenvalue weighted by Crippen LogP contribution is -2.29. The lowest BCUT2D eigenvalue weighted by Gasteiger charge is -2.27. The van der Waals surface area contributed by atoms with E-state index in [0.29, 0.717) is 29.2 Å². The number of aryl methyl sites for hydroxylation is 2. The molecule has 1 amide bonds. The standard InChI is InChI=1S/C28H25NO5/c1-16-8-10-20(14-17(16)2)29-25(21-6-4-5-7-23(21)33-3)24(27(31)28(29)32)26(30)19-9-11-22-18(15-19)12-13-34-22/h4-11,14-15,25,30H,12-13H2,1-3H3/b26-24+. The number of nitrogens with zero attached hydrogens (tertiary/aromatic N) is 1. The van der Waals surface area contributed by atoms with Crippen molar-refractivity contribution < 1.29 is 24.2 Å². The Morgan fingerprint density at radius 1 is 1.03 bits per heavy atom. The molecular formula is C28H25NO5. The van der Waals surface area contributed by atoms with Crippen LogP contribution in [0.25, 0.3) is 5.76 Å². The number of benzene rings is 3. The first-order valence-electron chi connectivity index (χ1n) is 11.2. The summed E-state index contributed by atoms with van der Waals surface area (Å²) in [6.45, 7) is 4.53. The van der Waals surface area contributed by atoms with Crippen molar-refractivity contribution in [1.82, 2.24) is 0 Å². The monoisotopic (exact) mass is 455 g/mol. The van der Waals surface area contributed by atoms with E-state index < -0.39 is 17.7 Å². The number of carbonyl (C=O) groups excluding carboxylic acids is 2. The number of carbonyl (C=O) groups is 2. The van der Waals surface area contributed by atoms with E-state index >= 15 is 0 Å². The SMILES string of the molecule is COc1ccccc1C1/C(=C(\O)c2ccc3c(c2)CCO3)C(=O)C(=O)N1c1ccc(C)c(C)c1. The van der Waals surface area contributed by atoms with Gasteiger partial charge >= 0.3 is 0 Å². The van der Waals surface area contributed by atoms with Crippen LogP contribution in [0.1, 0.15) is 33.9 Å². The summed E-state index contributed by atoms with van der Waals surface area (Å²) in [4.78, 5) is 28.2. The van der Waals surface area contributed by atoms with Crippen LogP contribution in [0, 0.1) is 13.8 Å². The minimum Gasteiger partial charge on any atom is -0.507 e. The third kappa shape index (κ3) is 3.43. The molecule has 34 heavy (non-hydrogen) atoms. The normalized spacial score (nSPS) is 18.7. The molecule has 3 aromatic carbocycles. The van der Waals surface area contributed by atoms with Crippen LogP contribution in [0.15, 0.2) is 66.2 Å². The first-order valence-corrected chi connectivity index (χ1v) is 11.2. The number of ketones is 1. The van der Waals surface area contributed by atoms with E-state index in [1.54, 1.807) is 25.3 Å². The Hall–Kier alpha value is -4.06. The number of aliphatic hydroxyl groups excluding tert-OH is 1. The second kappa shape index (κ2) is 8.37. The van der Waals surface area contributed by atoms with Crippen molar-refractivity contribution in [2.45, 2.75) is 26.3 Å². The highest BCUT2D eigenvalue weighted by molar-refractivity contribution is 6.51. The third-order valence-electron chi connectivity index (χ3n) is 6.61. The molecular weight excluding hydrogens is 430 g/mol. The van der Waals surface area contributed by atoms with Crippen LogP contribution in [0.5, 0.6) is 11.5 Å². The van der Waals surface area contributed by atoms with E-state index in [1.165, 1.54) is 4.90 Å². The molecule has 1 N–H and O–H groups in total. The number of fused-ring (bicyclic) bond motifs is 1. The molecule has 172 valence electrons. The predicted octanol–water partition coefficient (Wildman–Crippen LogP) is 4.87. The second-order valence-corrected chi connectivity index (χ2v) is 8.60. The fourth-order valence-corrected chi connectivity index (χ4v) is 4.65. The highest BCUT2D eigenvalue weighted by Gasteiger charge is 2.48. The smallest absolute Gasteiger partial charge is 0.300 e. The van der Waals surface area contributed by atoms with Gasteiger partial charge in [-0.2, -0.15) is 0 Å². The summed E-state index contributed by atoms with van der Waals surface area (Å²) >= 11 is 0. The van der Waals surface area contributed by atoms with Crippen LogP contribution in [-0.2, 0) is 16.0 Å². The molecule has 1 atom stereocenters. The minimum atomic E-state index is -0.845. The maximum Gasteiger partial charge on any atom is 0.300 e. The maximum atomic E-state index is 13.4. The molecule has 2 aliphatic rings. The van der Waals surface area contributed by atoms with Gasteiger partial charge in [0.2, 0.25) is 0 Å². The first kappa shape index (κ1) is 21.8. The van der Waals surface area contributed by atoms with Gasteiger partial charge in [0.15, 0.2) is 0 Å². The van der Waals surface area contributed by atoms with Gasteiger partial charge in [0.05, 0.1) is 25.3 Å². The Morgan fingerprint density at radius 2 is 1.82 bits per heavy atom. The van der Waals surface area contributed by atoms with Crippen LogP contribution >= 0.6 is 0 Å². The van der Waals surface area contributed by atoms with Crippen molar-refractivity contribution in [2.24, 2.45) is 0 Å². The molecule has 0 radical (unpaired) electrons. The van der Waals surface area contributed by atoms with Gasteiger partial charge < -0.3 is 14.6 Å². The van der Waals surface area contributed by atoms with Crippen molar-refractivity contribution in [2.75, 3.05) is 18.6 Å².